The zero-order valence-electron chi connectivity index (χ0n) is 9.83. The topological polar surface area (TPSA) is 59.1 Å². The number of halogens is 1. The van der Waals surface area contributed by atoms with Gasteiger partial charge in [0.25, 0.3) is 0 Å². The normalized spacial score (nSPS) is 14.2. The predicted molar refractivity (Wildman–Crippen MR) is 75.1 cm³/mol. The smallest absolute Gasteiger partial charge is 0.0871 e. The summed E-state index contributed by atoms with van der Waals surface area (Å²) in [4.78, 5) is 3.95. The Morgan fingerprint density at radius 2 is 1.67 bits per heavy atom. The van der Waals surface area contributed by atoms with Crippen molar-refractivity contribution in [3.05, 3.63) is 64.4 Å². The molecule has 1 aromatic carbocycles. The first-order chi connectivity index (χ1) is 8.72. The molecule has 1 heterocycles. The van der Waals surface area contributed by atoms with E-state index in [-0.39, 0.29) is 5.92 Å². The maximum atomic E-state index is 10.4. The molecule has 0 aliphatic heterocycles. The second-order valence-corrected chi connectivity index (χ2v) is 5.03. The van der Waals surface area contributed by atoms with E-state index in [4.69, 9.17) is 5.73 Å². The summed E-state index contributed by atoms with van der Waals surface area (Å²) in [5.41, 5.74) is 7.66. The van der Waals surface area contributed by atoms with Crippen LogP contribution in [-0.2, 0) is 0 Å². The maximum Gasteiger partial charge on any atom is 0.0871 e. The Kier molecular flexibility index (Phi) is 4.47. The lowest BCUT2D eigenvalue weighted by Crippen LogP contribution is -2.20. The Bertz CT molecular complexity index is 487. The largest absolute Gasteiger partial charge is 0.388 e. The lowest BCUT2D eigenvalue weighted by Gasteiger charge is -2.22. The fraction of sp³-hybridized carbons (Fsp3) is 0.214. The molecule has 2 aromatic rings. The molecule has 0 fully saturated rings. The van der Waals surface area contributed by atoms with Gasteiger partial charge in [0.05, 0.1) is 6.10 Å². The second kappa shape index (κ2) is 6.09. The lowest BCUT2D eigenvalue weighted by atomic mass is 9.90. The minimum atomic E-state index is -0.612. The molecule has 18 heavy (non-hydrogen) atoms. The fourth-order valence-corrected chi connectivity index (χ4v) is 2.21. The predicted octanol–water partition coefficient (Wildman–Crippen LogP) is 2.62. The molecule has 3 N–H and O–H groups in total. The number of benzene rings is 1. The quantitative estimate of drug-likeness (QED) is 0.913. The highest BCUT2D eigenvalue weighted by Crippen LogP contribution is 2.30. The summed E-state index contributed by atoms with van der Waals surface area (Å²) >= 11 is 3.40. The zero-order valence-corrected chi connectivity index (χ0v) is 11.4. The third-order valence-electron chi connectivity index (χ3n) is 2.98. The highest BCUT2D eigenvalue weighted by Gasteiger charge is 2.21. The van der Waals surface area contributed by atoms with Gasteiger partial charge >= 0.3 is 0 Å². The molecule has 0 saturated carbocycles. The molecule has 0 bridgehead atoms. The molecule has 94 valence electrons. The van der Waals surface area contributed by atoms with Crippen molar-refractivity contribution < 1.29 is 5.11 Å². The Labute approximate surface area is 115 Å². The number of hydrogen-bond donors (Lipinski definition) is 2. The van der Waals surface area contributed by atoms with Gasteiger partial charge in [-0.1, -0.05) is 28.1 Å². The van der Waals surface area contributed by atoms with Gasteiger partial charge in [0.2, 0.25) is 0 Å². The third-order valence-corrected chi connectivity index (χ3v) is 3.51. The van der Waals surface area contributed by atoms with E-state index in [0.29, 0.717) is 6.54 Å². The number of aromatic nitrogens is 1. The third kappa shape index (κ3) is 2.96. The molecule has 0 aliphatic carbocycles. The van der Waals surface area contributed by atoms with E-state index in [0.717, 1.165) is 15.6 Å². The van der Waals surface area contributed by atoms with E-state index >= 15 is 0 Å². The average Bonchev–Trinajstić information content (AvgIpc) is 2.42. The maximum absolute atomic E-state index is 10.4. The molecule has 2 atom stereocenters. The number of hydrogen-bond acceptors (Lipinski definition) is 3. The number of nitrogens with two attached hydrogens (primary N) is 1. The molecular weight excluding hydrogens is 292 g/mol. The summed E-state index contributed by atoms with van der Waals surface area (Å²) in [5, 5.41) is 10.4. The molecule has 4 heteroatoms. The zero-order chi connectivity index (χ0) is 13.0. The van der Waals surface area contributed by atoms with Gasteiger partial charge in [-0.2, -0.15) is 0 Å². The van der Waals surface area contributed by atoms with E-state index in [1.165, 1.54) is 0 Å². The van der Waals surface area contributed by atoms with Crippen LogP contribution < -0.4 is 5.73 Å². The Morgan fingerprint density at radius 1 is 1.06 bits per heavy atom. The van der Waals surface area contributed by atoms with Gasteiger partial charge in [-0.3, -0.25) is 4.98 Å². The van der Waals surface area contributed by atoms with E-state index in [1.807, 2.05) is 36.4 Å². The van der Waals surface area contributed by atoms with E-state index < -0.39 is 6.10 Å². The van der Waals surface area contributed by atoms with Crippen LogP contribution in [0.25, 0.3) is 0 Å². The van der Waals surface area contributed by atoms with Gasteiger partial charge in [-0.25, -0.2) is 0 Å². The minimum absolute atomic E-state index is 0.111. The first-order valence-corrected chi connectivity index (χ1v) is 6.55. The van der Waals surface area contributed by atoms with Crippen LogP contribution >= 0.6 is 15.9 Å². The van der Waals surface area contributed by atoms with Crippen LogP contribution in [0.5, 0.6) is 0 Å². The van der Waals surface area contributed by atoms with E-state index in [9.17, 15) is 5.11 Å². The molecule has 0 spiro atoms. The molecular formula is C14H15BrN2O. The molecule has 0 radical (unpaired) electrons. The van der Waals surface area contributed by atoms with Gasteiger partial charge < -0.3 is 10.8 Å². The van der Waals surface area contributed by atoms with Gasteiger partial charge in [0, 0.05) is 29.3 Å². The van der Waals surface area contributed by atoms with Crippen LogP contribution in [0.15, 0.2) is 53.3 Å². The van der Waals surface area contributed by atoms with Crippen molar-refractivity contribution in [2.75, 3.05) is 6.54 Å². The Morgan fingerprint density at radius 3 is 2.22 bits per heavy atom. The van der Waals surface area contributed by atoms with Crippen molar-refractivity contribution in [1.82, 2.24) is 4.98 Å². The molecule has 3 nitrogen and oxygen atoms in total. The van der Waals surface area contributed by atoms with Gasteiger partial charge in [-0.15, -0.1) is 0 Å². The van der Waals surface area contributed by atoms with Crippen molar-refractivity contribution in [3.8, 4) is 0 Å². The SMILES string of the molecule is NCC(c1ccc(Br)cc1)C(O)c1ccncc1. The average molecular weight is 307 g/mol. The van der Waals surface area contributed by atoms with Crippen molar-refractivity contribution in [1.29, 1.82) is 0 Å². The van der Waals surface area contributed by atoms with Gasteiger partial charge in [0.15, 0.2) is 0 Å². The van der Waals surface area contributed by atoms with Crippen molar-refractivity contribution in [2.45, 2.75) is 12.0 Å². The molecule has 0 amide bonds. The van der Waals surface area contributed by atoms with Crippen LogP contribution in [-0.4, -0.2) is 16.6 Å². The molecule has 0 saturated heterocycles. The van der Waals surface area contributed by atoms with Gasteiger partial charge in [-0.05, 0) is 35.4 Å². The summed E-state index contributed by atoms with van der Waals surface area (Å²) in [6, 6.07) is 11.5. The standard InChI is InChI=1S/C14H15BrN2O/c15-12-3-1-10(2-4-12)13(9-16)14(18)11-5-7-17-8-6-11/h1-8,13-14,18H,9,16H2. The summed E-state index contributed by atoms with van der Waals surface area (Å²) < 4.78 is 1.01. The Balaban J connectivity index is 2.26. The van der Waals surface area contributed by atoms with E-state index in [2.05, 4.69) is 20.9 Å². The van der Waals surface area contributed by atoms with Crippen LogP contribution in [0, 0.1) is 0 Å². The van der Waals surface area contributed by atoms with Crippen LogP contribution in [0.4, 0.5) is 0 Å². The number of rotatable bonds is 4. The summed E-state index contributed by atoms with van der Waals surface area (Å²) in [7, 11) is 0. The minimum Gasteiger partial charge on any atom is -0.388 e. The summed E-state index contributed by atoms with van der Waals surface area (Å²) in [6.45, 7) is 0.394. The second-order valence-electron chi connectivity index (χ2n) is 4.12. The number of aliphatic hydroxyl groups is 1. The number of pyridine rings is 1. The first-order valence-electron chi connectivity index (χ1n) is 5.76. The lowest BCUT2D eigenvalue weighted by molar-refractivity contribution is 0.147. The molecule has 1 aromatic heterocycles. The first kappa shape index (κ1) is 13.2. The summed E-state index contributed by atoms with van der Waals surface area (Å²) in [5.74, 6) is -0.111. The molecule has 2 unspecified atom stereocenters. The number of nitrogens with zero attached hydrogens (tertiary/aromatic N) is 1. The number of aliphatic hydroxyl groups excluding tert-OH is 1. The monoisotopic (exact) mass is 306 g/mol. The van der Waals surface area contributed by atoms with Crippen molar-refractivity contribution in [3.63, 3.8) is 0 Å². The summed E-state index contributed by atoms with van der Waals surface area (Å²) in [6.07, 6.45) is 2.74. The van der Waals surface area contributed by atoms with Gasteiger partial charge in [0.1, 0.15) is 0 Å². The molecule has 2 rings (SSSR count). The highest BCUT2D eigenvalue weighted by molar-refractivity contribution is 9.10. The Hall–Kier alpha value is -1.23. The van der Waals surface area contributed by atoms with Crippen molar-refractivity contribution >= 4 is 15.9 Å². The van der Waals surface area contributed by atoms with Crippen LogP contribution in [0.2, 0.25) is 0 Å². The molecule has 0 aliphatic rings. The van der Waals surface area contributed by atoms with E-state index in [1.54, 1.807) is 12.4 Å². The van der Waals surface area contributed by atoms with Crippen molar-refractivity contribution in [2.24, 2.45) is 5.73 Å². The highest BCUT2D eigenvalue weighted by atomic mass is 79.9. The van der Waals surface area contributed by atoms with Crippen LogP contribution in [0.1, 0.15) is 23.1 Å². The van der Waals surface area contributed by atoms with Crippen LogP contribution in [0.3, 0.4) is 0 Å². The fourth-order valence-electron chi connectivity index (χ4n) is 1.95.